The number of nitrogens with one attached hydrogen (secondary N) is 1. The Labute approximate surface area is 154 Å². The van der Waals surface area contributed by atoms with E-state index in [9.17, 15) is 4.79 Å². The lowest BCUT2D eigenvalue weighted by Gasteiger charge is -2.32. The van der Waals surface area contributed by atoms with E-state index in [1.54, 1.807) is 0 Å². The van der Waals surface area contributed by atoms with Gasteiger partial charge >= 0.3 is 6.03 Å². The van der Waals surface area contributed by atoms with Gasteiger partial charge < -0.3 is 14.7 Å². The topological polar surface area (TPSA) is 71.3 Å². The summed E-state index contributed by atoms with van der Waals surface area (Å²) in [6.07, 6.45) is 7.73. The predicted molar refractivity (Wildman–Crippen MR) is 98.7 cm³/mol. The SMILES string of the molecule is O=C(NC1CCCCC1)N1CCC(c2nc(-c3ccccc3)no2)CC1. The number of amides is 2. The number of urea groups is 1. The highest BCUT2D eigenvalue weighted by Gasteiger charge is 2.28. The van der Waals surface area contributed by atoms with E-state index in [-0.39, 0.29) is 11.9 Å². The van der Waals surface area contributed by atoms with Gasteiger partial charge in [0.1, 0.15) is 0 Å². The van der Waals surface area contributed by atoms with Crippen LogP contribution in [0.25, 0.3) is 11.4 Å². The number of benzene rings is 1. The number of aromatic nitrogens is 2. The molecule has 1 aromatic carbocycles. The van der Waals surface area contributed by atoms with Crippen LogP contribution in [0.4, 0.5) is 4.79 Å². The molecule has 0 radical (unpaired) electrons. The van der Waals surface area contributed by atoms with Crippen LogP contribution in [0.15, 0.2) is 34.9 Å². The van der Waals surface area contributed by atoms with Crippen molar-refractivity contribution in [3.63, 3.8) is 0 Å². The molecular formula is C20H26N4O2. The summed E-state index contributed by atoms with van der Waals surface area (Å²) in [5, 5.41) is 7.32. The lowest BCUT2D eigenvalue weighted by atomic mass is 9.95. The Balaban J connectivity index is 1.31. The second kappa shape index (κ2) is 7.89. The quantitative estimate of drug-likeness (QED) is 0.906. The zero-order chi connectivity index (χ0) is 17.8. The first kappa shape index (κ1) is 17.1. The van der Waals surface area contributed by atoms with Crippen molar-refractivity contribution >= 4 is 6.03 Å². The Morgan fingerprint density at radius 1 is 1.04 bits per heavy atom. The maximum atomic E-state index is 12.5. The molecule has 138 valence electrons. The molecule has 0 bridgehead atoms. The minimum Gasteiger partial charge on any atom is -0.339 e. The molecule has 0 spiro atoms. The molecule has 2 heterocycles. The highest BCUT2D eigenvalue weighted by atomic mass is 16.5. The fourth-order valence-corrected chi connectivity index (χ4v) is 3.95. The Morgan fingerprint density at radius 2 is 1.77 bits per heavy atom. The molecule has 2 amide bonds. The molecule has 1 N–H and O–H groups in total. The lowest BCUT2D eigenvalue weighted by Crippen LogP contribution is -2.48. The third-order valence-corrected chi connectivity index (χ3v) is 5.54. The lowest BCUT2D eigenvalue weighted by molar-refractivity contribution is 0.169. The Bertz CT molecular complexity index is 716. The minimum atomic E-state index is 0.0888. The number of carbonyl (C=O) groups excluding carboxylic acids is 1. The van der Waals surface area contributed by atoms with Gasteiger partial charge in [0.2, 0.25) is 11.7 Å². The summed E-state index contributed by atoms with van der Waals surface area (Å²) in [4.78, 5) is 19.0. The van der Waals surface area contributed by atoms with E-state index in [1.165, 1.54) is 19.3 Å². The molecule has 1 aliphatic heterocycles. The standard InChI is InChI=1S/C20H26N4O2/c25-20(21-17-9-5-2-6-10-17)24-13-11-16(12-14-24)19-22-18(23-26-19)15-7-3-1-4-8-15/h1,3-4,7-8,16-17H,2,5-6,9-14H2,(H,21,25). The van der Waals surface area contributed by atoms with Crippen molar-refractivity contribution in [2.75, 3.05) is 13.1 Å². The normalized spacial score (nSPS) is 19.5. The summed E-state index contributed by atoms with van der Waals surface area (Å²) in [6.45, 7) is 1.48. The Kier molecular flexibility index (Phi) is 5.18. The highest BCUT2D eigenvalue weighted by molar-refractivity contribution is 5.74. The van der Waals surface area contributed by atoms with Gasteiger partial charge in [0.05, 0.1) is 0 Å². The average Bonchev–Trinajstić information content (AvgIpc) is 3.20. The number of rotatable bonds is 3. The number of hydrogen-bond donors (Lipinski definition) is 1. The van der Waals surface area contributed by atoms with Crippen molar-refractivity contribution in [1.82, 2.24) is 20.4 Å². The van der Waals surface area contributed by atoms with Crippen molar-refractivity contribution in [2.24, 2.45) is 0 Å². The van der Waals surface area contributed by atoms with Crippen LogP contribution in [-0.2, 0) is 0 Å². The van der Waals surface area contributed by atoms with Crippen molar-refractivity contribution < 1.29 is 9.32 Å². The fourth-order valence-electron chi connectivity index (χ4n) is 3.95. The number of piperidine rings is 1. The van der Waals surface area contributed by atoms with Gasteiger partial charge in [-0.3, -0.25) is 0 Å². The molecule has 1 saturated heterocycles. The summed E-state index contributed by atoms with van der Waals surface area (Å²) >= 11 is 0. The van der Waals surface area contributed by atoms with E-state index < -0.39 is 0 Å². The van der Waals surface area contributed by atoms with Gasteiger partial charge in [0.25, 0.3) is 0 Å². The first-order chi connectivity index (χ1) is 12.8. The van der Waals surface area contributed by atoms with E-state index in [0.29, 0.717) is 17.8 Å². The fraction of sp³-hybridized carbons (Fsp3) is 0.550. The number of hydrogen-bond acceptors (Lipinski definition) is 4. The molecule has 4 rings (SSSR count). The van der Waals surface area contributed by atoms with Crippen LogP contribution in [0.5, 0.6) is 0 Å². The summed E-state index contributed by atoms with van der Waals surface area (Å²) in [5.74, 6) is 1.56. The summed E-state index contributed by atoms with van der Waals surface area (Å²) in [5.41, 5.74) is 0.965. The zero-order valence-corrected chi connectivity index (χ0v) is 15.1. The van der Waals surface area contributed by atoms with Gasteiger partial charge in [0, 0.05) is 30.6 Å². The van der Waals surface area contributed by atoms with Crippen molar-refractivity contribution in [3.8, 4) is 11.4 Å². The van der Waals surface area contributed by atoms with Gasteiger partial charge in [-0.1, -0.05) is 54.8 Å². The zero-order valence-electron chi connectivity index (χ0n) is 15.1. The smallest absolute Gasteiger partial charge is 0.317 e. The maximum Gasteiger partial charge on any atom is 0.317 e. The molecule has 1 saturated carbocycles. The molecule has 2 aliphatic rings. The first-order valence-corrected chi connectivity index (χ1v) is 9.74. The van der Waals surface area contributed by atoms with Gasteiger partial charge in [-0.2, -0.15) is 4.98 Å². The third kappa shape index (κ3) is 3.89. The number of carbonyl (C=O) groups is 1. The number of likely N-dealkylation sites (tertiary alicyclic amines) is 1. The van der Waals surface area contributed by atoms with E-state index >= 15 is 0 Å². The Morgan fingerprint density at radius 3 is 2.50 bits per heavy atom. The van der Waals surface area contributed by atoms with Crippen LogP contribution in [0.3, 0.4) is 0 Å². The van der Waals surface area contributed by atoms with Crippen LogP contribution in [0.2, 0.25) is 0 Å². The van der Waals surface area contributed by atoms with Crippen LogP contribution >= 0.6 is 0 Å². The monoisotopic (exact) mass is 354 g/mol. The molecule has 2 aromatic rings. The van der Waals surface area contributed by atoms with Crippen LogP contribution < -0.4 is 5.32 Å². The maximum absolute atomic E-state index is 12.5. The van der Waals surface area contributed by atoms with Crippen LogP contribution in [-0.4, -0.2) is 40.2 Å². The molecule has 2 fully saturated rings. The second-order valence-electron chi connectivity index (χ2n) is 7.37. The van der Waals surface area contributed by atoms with Crippen LogP contribution in [0, 0.1) is 0 Å². The Hall–Kier alpha value is -2.37. The molecule has 6 nitrogen and oxygen atoms in total. The van der Waals surface area contributed by atoms with E-state index in [4.69, 9.17) is 4.52 Å². The molecule has 1 aromatic heterocycles. The molecular weight excluding hydrogens is 328 g/mol. The van der Waals surface area contributed by atoms with E-state index in [2.05, 4.69) is 15.5 Å². The molecule has 26 heavy (non-hydrogen) atoms. The van der Waals surface area contributed by atoms with Gasteiger partial charge in [-0.25, -0.2) is 4.79 Å². The average molecular weight is 354 g/mol. The first-order valence-electron chi connectivity index (χ1n) is 9.74. The summed E-state index contributed by atoms with van der Waals surface area (Å²) < 4.78 is 5.50. The predicted octanol–water partition coefficient (Wildman–Crippen LogP) is 3.96. The summed E-state index contributed by atoms with van der Waals surface area (Å²) in [7, 11) is 0. The summed E-state index contributed by atoms with van der Waals surface area (Å²) in [6, 6.07) is 10.3. The van der Waals surface area contributed by atoms with Gasteiger partial charge in [0.15, 0.2) is 0 Å². The van der Waals surface area contributed by atoms with E-state index in [1.807, 2.05) is 35.2 Å². The highest BCUT2D eigenvalue weighted by Crippen LogP contribution is 2.28. The molecule has 6 heteroatoms. The third-order valence-electron chi connectivity index (χ3n) is 5.54. The largest absolute Gasteiger partial charge is 0.339 e. The second-order valence-corrected chi connectivity index (χ2v) is 7.37. The molecule has 0 unspecified atom stereocenters. The van der Waals surface area contributed by atoms with Crippen molar-refractivity contribution in [1.29, 1.82) is 0 Å². The van der Waals surface area contributed by atoms with Crippen molar-refractivity contribution in [2.45, 2.75) is 56.9 Å². The number of nitrogens with zero attached hydrogens (tertiary/aromatic N) is 3. The molecule has 1 aliphatic carbocycles. The molecule has 0 atom stereocenters. The van der Waals surface area contributed by atoms with Gasteiger partial charge in [-0.05, 0) is 25.7 Å². The minimum absolute atomic E-state index is 0.0888. The van der Waals surface area contributed by atoms with Crippen molar-refractivity contribution in [3.05, 3.63) is 36.2 Å². The van der Waals surface area contributed by atoms with Crippen LogP contribution in [0.1, 0.15) is 56.8 Å². The van der Waals surface area contributed by atoms with Gasteiger partial charge in [-0.15, -0.1) is 0 Å². The van der Waals surface area contributed by atoms with E-state index in [0.717, 1.165) is 44.3 Å².